The third kappa shape index (κ3) is 4.23. The molecule has 0 radical (unpaired) electrons. The van der Waals surface area contributed by atoms with Gasteiger partial charge in [-0.1, -0.05) is 48.0 Å². The molecule has 2 aromatic carbocycles. The van der Waals surface area contributed by atoms with Crippen LogP contribution in [0, 0.1) is 0 Å². The summed E-state index contributed by atoms with van der Waals surface area (Å²) >= 11 is 6.12. The number of rotatable bonds is 5. The lowest BCUT2D eigenvalue weighted by atomic mass is 10.1. The number of benzene rings is 2. The van der Waals surface area contributed by atoms with Gasteiger partial charge in [0.2, 0.25) is 10.0 Å². The molecular formula is C14H14ClNO3S. The molecule has 2 rings (SSSR count). The van der Waals surface area contributed by atoms with Gasteiger partial charge in [-0.2, -0.15) is 0 Å². The van der Waals surface area contributed by atoms with Gasteiger partial charge in [0.15, 0.2) is 0 Å². The quantitative estimate of drug-likeness (QED) is 0.923. The van der Waals surface area contributed by atoms with Gasteiger partial charge in [0.1, 0.15) is 12.4 Å². The zero-order chi connectivity index (χ0) is 14.6. The standard InChI is InChI=1S/C14H14ClNO3S/c15-13-10-12(11-4-2-1-3-5-11)6-7-14(13)19-8-9-20(16,17)18/h1-7,10H,8-9H2,(H2,16,17,18). The molecule has 0 saturated carbocycles. The summed E-state index contributed by atoms with van der Waals surface area (Å²) in [4.78, 5) is 0. The van der Waals surface area contributed by atoms with E-state index in [9.17, 15) is 8.42 Å². The molecule has 0 bridgehead atoms. The normalized spacial score (nSPS) is 11.3. The highest BCUT2D eigenvalue weighted by molar-refractivity contribution is 7.89. The van der Waals surface area contributed by atoms with Crippen molar-refractivity contribution in [1.82, 2.24) is 0 Å². The molecule has 2 N–H and O–H groups in total. The molecule has 0 saturated heterocycles. The van der Waals surface area contributed by atoms with Crippen molar-refractivity contribution in [2.45, 2.75) is 0 Å². The molecule has 0 unspecified atom stereocenters. The van der Waals surface area contributed by atoms with Crippen LogP contribution in [0.5, 0.6) is 5.75 Å². The highest BCUT2D eigenvalue weighted by Gasteiger charge is 2.07. The van der Waals surface area contributed by atoms with E-state index in [2.05, 4.69) is 0 Å². The van der Waals surface area contributed by atoms with Gasteiger partial charge < -0.3 is 4.74 Å². The summed E-state index contributed by atoms with van der Waals surface area (Å²) in [5, 5.41) is 5.33. The molecule has 106 valence electrons. The lowest BCUT2D eigenvalue weighted by Gasteiger charge is -2.09. The number of hydrogen-bond donors (Lipinski definition) is 1. The Bertz CT molecular complexity index is 687. The van der Waals surface area contributed by atoms with Crippen LogP contribution in [-0.4, -0.2) is 20.8 Å². The maximum atomic E-state index is 10.8. The van der Waals surface area contributed by atoms with E-state index in [0.717, 1.165) is 11.1 Å². The summed E-state index contributed by atoms with van der Waals surface area (Å²) < 4.78 is 26.9. The number of halogens is 1. The summed E-state index contributed by atoms with van der Waals surface area (Å²) in [7, 11) is -3.53. The maximum absolute atomic E-state index is 10.8. The molecular weight excluding hydrogens is 298 g/mol. The molecule has 0 atom stereocenters. The molecule has 2 aromatic rings. The van der Waals surface area contributed by atoms with Crippen molar-refractivity contribution in [3.8, 4) is 16.9 Å². The number of sulfonamides is 1. The smallest absolute Gasteiger partial charge is 0.212 e. The first-order valence-corrected chi connectivity index (χ1v) is 8.03. The lowest BCUT2D eigenvalue weighted by Crippen LogP contribution is -2.21. The molecule has 0 aliphatic rings. The Kier molecular flexibility index (Phi) is 4.65. The van der Waals surface area contributed by atoms with Crippen LogP contribution >= 0.6 is 11.6 Å². The Morgan fingerprint density at radius 2 is 1.75 bits per heavy atom. The van der Waals surface area contributed by atoms with Crippen LogP contribution in [0.1, 0.15) is 0 Å². The molecule has 0 aliphatic heterocycles. The first-order chi connectivity index (χ1) is 9.46. The molecule has 0 aromatic heterocycles. The van der Waals surface area contributed by atoms with E-state index in [4.69, 9.17) is 21.5 Å². The fraction of sp³-hybridized carbons (Fsp3) is 0.143. The van der Waals surface area contributed by atoms with Crippen molar-refractivity contribution in [3.63, 3.8) is 0 Å². The van der Waals surface area contributed by atoms with Gasteiger partial charge in [-0.05, 0) is 23.3 Å². The van der Waals surface area contributed by atoms with E-state index in [0.29, 0.717) is 10.8 Å². The second kappa shape index (κ2) is 6.26. The van der Waals surface area contributed by atoms with Crippen molar-refractivity contribution in [1.29, 1.82) is 0 Å². The lowest BCUT2D eigenvalue weighted by molar-refractivity contribution is 0.341. The molecule has 0 fully saturated rings. The van der Waals surface area contributed by atoms with E-state index < -0.39 is 10.0 Å². The average molecular weight is 312 g/mol. The predicted octanol–water partition coefficient (Wildman–Crippen LogP) is 2.67. The first kappa shape index (κ1) is 14.8. The third-order valence-electron chi connectivity index (χ3n) is 2.66. The van der Waals surface area contributed by atoms with E-state index >= 15 is 0 Å². The van der Waals surface area contributed by atoms with Crippen LogP contribution in [0.2, 0.25) is 5.02 Å². The Balaban J connectivity index is 2.11. The summed E-state index contributed by atoms with van der Waals surface area (Å²) in [5.74, 6) is 0.194. The Labute approximate surface area is 123 Å². The summed E-state index contributed by atoms with van der Waals surface area (Å²) in [5.41, 5.74) is 2.01. The molecule has 0 heterocycles. The summed E-state index contributed by atoms with van der Waals surface area (Å²) in [6, 6.07) is 15.2. The Morgan fingerprint density at radius 3 is 2.35 bits per heavy atom. The third-order valence-corrected chi connectivity index (χ3v) is 3.70. The minimum Gasteiger partial charge on any atom is -0.491 e. The fourth-order valence-corrected chi connectivity index (χ4v) is 2.25. The monoisotopic (exact) mass is 311 g/mol. The molecule has 0 aliphatic carbocycles. The Morgan fingerprint density at radius 1 is 1.05 bits per heavy atom. The largest absolute Gasteiger partial charge is 0.491 e. The van der Waals surface area contributed by atoms with Crippen molar-refractivity contribution in [2.24, 2.45) is 5.14 Å². The van der Waals surface area contributed by atoms with Gasteiger partial charge in [-0.25, -0.2) is 13.6 Å². The topological polar surface area (TPSA) is 69.4 Å². The van der Waals surface area contributed by atoms with Crippen LogP contribution in [0.15, 0.2) is 48.5 Å². The zero-order valence-electron chi connectivity index (χ0n) is 10.6. The predicted molar refractivity (Wildman–Crippen MR) is 80.4 cm³/mol. The van der Waals surface area contributed by atoms with Gasteiger partial charge >= 0.3 is 0 Å². The highest BCUT2D eigenvalue weighted by Crippen LogP contribution is 2.30. The molecule has 6 heteroatoms. The van der Waals surface area contributed by atoms with Crippen molar-refractivity contribution >= 4 is 21.6 Å². The van der Waals surface area contributed by atoms with Gasteiger partial charge in [-0.15, -0.1) is 0 Å². The van der Waals surface area contributed by atoms with Crippen LogP contribution in [0.25, 0.3) is 11.1 Å². The summed E-state index contributed by atoms with van der Waals surface area (Å²) in [6.07, 6.45) is 0. The number of nitrogens with two attached hydrogens (primary N) is 1. The van der Waals surface area contributed by atoms with Crippen LogP contribution in [-0.2, 0) is 10.0 Å². The number of ether oxygens (including phenoxy) is 1. The molecule has 4 nitrogen and oxygen atoms in total. The molecule has 0 amide bonds. The minimum absolute atomic E-state index is 0.0246. The van der Waals surface area contributed by atoms with Crippen LogP contribution in [0.4, 0.5) is 0 Å². The first-order valence-electron chi connectivity index (χ1n) is 5.94. The van der Waals surface area contributed by atoms with Gasteiger partial charge in [0, 0.05) is 0 Å². The Hall–Kier alpha value is -1.56. The fourth-order valence-electron chi connectivity index (χ4n) is 1.70. The van der Waals surface area contributed by atoms with Gasteiger partial charge in [0.05, 0.1) is 10.8 Å². The summed E-state index contributed by atoms with van der Waals surface area (Å²) in [6.45, 7) is -0.0246. The van der Waals surface area contributed by atoms with Crippen molar-refractivity contribution < 1.29 is 13.2 Å². The van der Waals surface area contributed by atoms with E-state index in [1.165, 1.54) is 0 Å². The van der Waals surface area contributed by atoms with Crippen LogP contribution < -0.4 is 9.88 Å². The molecule has 20 heavy (non-hydrogen) atoms. The maximum Gasteiger partial charge on any atom is 0.212 e. The van der Waals surface area contributed by atoms with Gasteiger partial charge in [-0.3, -0.25) is 0 Å². The van der Waals surface area contributed by atoms with Crippen molar-refractivity contribution in [3.05, 3.63) is 53.6 Å². The van der Waals surface area contributed by atoms with Gasteiger partial charge in [0.25, 0.3) is 0 Å². The minimum atomic E-state index is -3.53. The zero-order valence-corrected chi connectivity index (χ0v) is 12.2. The average Bonchev–Trinajstić information content (AvgIpc) is 2.40. The van der Waals surface area contributed by atoms with Crippen molar-refractivity contribution in [2.75, 3.05) is 12.4 Å². The van der Waals surface area contributed by atoms with E-state index in [-0.39, 0.29) is 12.4 Å². The highest BCUT2D eigenvalue weighted by atomic mass is 35.5. The number of hydrogen-bond acceptors (Lipinski definition) is 3. The van der Waals surface area contributed by atoms with Crippen LogP contribution in [0.3, 0.4) is 0 Å². The number of primary sulfonamides is 1. The van der Waals surface area contributed by atoms with E-state index in [1.807, 2.05) is 36.4 Å². The SMILES string of the molecule is NS(=O)(=O)CCOc1ccc(-c2ccccc2)cc1Cl. The molecule has 0 spiro atoms. The second-order valence-corrected chi connectivity index (χ2v) is 6.37. The second-order valence-electron chi connectivity index (χ2n) is 4.23. The van der Waals surface area contributed by atoms with E-state index in [1.54, 1.807) is 12.1 Å².